The first-order chi connectivity index (χ1) is 17.7. The zero-order valence-corrected chi connectivity index (χ0v) is 22.1. The van der Waals surface area contributed by atoms with Crippen LogP contribution in [-0.4, -0.2) is 43.4 Å². The summed E-state index contributed by atoms with van der Waals surface area (Å²) in [5, 5.41) is 24.3. The van der Waals surface area contributed by atoms with E-state index in [0.717, 1.165) is 0 Å². The molecule has 0 aliphatic rings. The molecule has 0 aliphatic carbocycles. The predicted molar refractivity (Wildman–Crippen MR) is 144 cm³/mol. The van der Waals surface area contributed by atoms with Crippen LogP contribution in [0.5, 0.6) is 0 Å². The first-order valence-electron chi connectivity index (χ1n) is 11.5. The average molecular weight is 542 g/mol. The van der Waals surface area contributed by atoms with Crippen LogP contribution in [-0.2, 0) is 11.3 Å². The Kier molecular flexibility index (Phi) is 9.87. The lowest BCUT2D eigenvalue weighted by Gasteiger charge is -2.21. The summed E-state index contributed by atoms with van der Waals surface area (Å²) < 4.78 is 1.83. The number of rotatable bonds is 12. The maximum absolute atomic E-state index is 13.0. The van der Waals surface area contributed by atoms with Gasteiger partial charge in [0.05, 0.1) is 27.9 Å². The molecule has 37 heavy (non-hydrogen) atoms. The van der Waals surface area contributed by atoms with Crippen molar-refractivity contribution in [3.8, 4) is 0 Å². The van der Waals surface area contributed by atoms with Crippen molar-refractivity contribution < 1.29 is 19.5 Å². The van der Waals surface area contributed by atoms with Gasteiger partial charge in [0.25, 0.3) is 5.91 Å². The second-order valence-electron chi connectivity index (χ2n) is 8.59. The van der Waals surface area contributed by atoms with Gasteiger partial charge in [-0.15, -0.1) is 16.8 Å². The Morgan fingerprint density at radius 2 is 1.84 bits per heavy atom. The molecule has 11 heteroatoms. The Labute approximate surface area is 224 Å². The van der Waals surface area contributed by atoms with Crippen LogP contribution in [0.2, 0.25) is 5.02 Å². The molecule has 0 saturated heterocycles. The zero-order chi connectivity index (χ0) is 26.9. The minimum absolute atomic E-state index is 0.0524. The van der Waals surface area contributed by atoms with Gasteiger partial charge in [0.2, 0.25) is 5.91 Å². The first-order valence-corrected chi connectivity index (χ1v) is 12.9. The van der Waals surface area contributed by atoms with E-state index in [0.29, 0.717) is 40.2 Å². The molecular formula is C26H28ClN5O4S. The van der Waals surface area contributed by atoms with E-state index < -0.39 is 12.0 Å². The SMILES string of the molecule is C=CCn1c(SCC(=O)Nc2ccc(C(=O)O)cc2)nnc1[C@H](CC(C)C)NC(=O)c1ccccc1Cl. The van der Waals surface area contributed by atoms with E-state index in [4.69, 9.17) is 16.7 Å². The molecule has 3 N–H and O–H groups in total. The molecule has 0 bridgehead atoms. The van der Waals surface area contributed by atoms with Crippen molar-refractivity contribution >= 4 is 46.8 Å². The molecule has 3 rings (SSSR count). The van der Waals surface area contributed by atoms with Gasteiger partial charge in [0.15, 0.2) is 11.0 Å². The normalized spacial score (nSPS) is 11.7. The van der Waals surface area contributed by atoms with E-state index in [1.165, 1.54) is 36.0 Å². The third-order valence-corrected chi connectivity index (χ3v) is 6.54. The van der Waals surface area contributed by atoms with Gasteiger partial charge in [-0.05, 0) is 48.7 Å². The third kappa shape index (κ3) is 7.68. The molecule has 0 saturated carbocycles. The summed E-state index contributed by atoms with van der Waals surface area (Å²) in [6, 6.07) is 12.3. The van der Waals surface area contributed by atoms with E-state index >= 15 is 0 Å². The van der Waals surface area contributed by atoms with Crippen molar-refractivity contribution in [3.05, 3.63) is 83.2 Å². The van der Waals surface area contributed by atoms with Gasteiger partial charge in [-0.1, -0.05) is 55.4 Å². The number of allylic oxidation sites excluding steroid dienone is 1. The third-order valence-electron chi connectivity index (χ3n) is 5.25. The maximum Gasteiger partial charge on any atom is 0.335 e. The van der Waals surface area contributed by atoms with Crippen LogP contribution in [0.15, 0.2) is 66.3 Å². The lowest BCUT2D eigenvalue weighted by atomic mass is 10.0. The smallest absolute Gasteiger partial charge is 0.335 e. The number of carbonyl (C=O) groups is 3. The summed E-state index contributed by atoms with van der Waals surface area (Å²) in [5.41, 5.74) is 0.994. The minimum atomic E-state index is -1.04. The largest absolute Gasteiger partial charge is 0.478 e. The highest BCUT2D eigenvalue weighted by atomic mass is 35.5. The Morgan fingerprint density at radius 3 is 2.46 bits per heavy atom. The Bertz CT molecular complexity index is 1280. The number of hydrogen-bond donors (Lipinski definition) is 3. The highest BCUT2D eigenvalue weighted by Crippen LogP contribution is 2.26. The van der Waals surface area contributed by atoms with Crippen LogP contribution in [0.3, 0.4) is 0 Å². The molecule has 1 aromatic heterocycles. The van der Waals surface area contributed by atoms with Gasteiger partial charge in [-0.25, -0.2) is 4.79 Å². The van der Waals surface area contributed by atoms with E-state index in [1.807, 2.05) is 18.4 Å². The lowest BCUT2D eigenvalue weighted by Crippen LogP contribution is -2.32. The van der Waals surface area contributed by atoms with Crippen molar-refractivity contribution in [2.24, 2.45) is 5.92 Å². The highest BCUT2D eigenvalue weighted by molar-refractivity contribution is 7.99. The number of aromatic nitrogens is 3. The number of carboxylic acids is 1. The summed E-state index contributed by atoms with van der Waals surface area (Å²) in [7, 11) is 0. The van der Waals surface area contributed by atoms with Crippen LogP contribution in [0.4, 0.5) is 5.69 Å². The Morgan fingerprint density at radius 1 is 1.14 bits per heavy atom. The van der Waals surface area contributed by atoms with Crippen LogP contribution >= 0.6 is 23.4 Å². The summed E-state index contributed by atoms with van der Waals surface area (Å²) in [6.07, 6.45) is 2.31. The van der Waals surface area contributed by atoms with E-state index in [-0.39, 0.29) is 29.0 Å². The minimum Gasteiger partial charge on any atom is -0.478 e. The van der Waals surface area contributed by atoms with Gasteiger partial charge in [0.1, 0.15) is 0 Å². The number of benzene rings is 2. The quantitative estimate of drug-likeness (QED) is 0.216. The van der Waals surface area contributed by atoms with Crippen molar-refractivity contribution in [3.63, 3.8) is 0 Å². The molecule has 194 valence electrons. The van der Waals surface area contributed by atoms with E-state index in [9.17, 15) is 14.4 Å². The maximum atomic E-state index is 13.0. The van der Waals surface area contributed by atoms with E-state index in [1.54, 1.807) is 30.3 Å². The predicted octanol–water partition coefficient (Wildman–Crippen LogP) is 5.06. The van der Waals surface area contributed by atoms with Crippen molar-refractivity contribution in [2.45, 2.75) is 38.0 Å². The van der Waals surface area contributed by atoms with Gasteiger partial charge >= 0.3 is 5.97 Å². The number of aromatic carboxylic acids is 1. The van der Waals surface area contributed by atoms with Crippen molar-refractivity contribution in [1.82, 2.24) is 20.1 Å². The van der Waals surface area contributed by atoms with Crippen LogP contribution in [0.25, 0.3) is 0 Å². The van der Waals surface area contributed by atoms with E-state index in [2.05, 4.69) is 27.4 Å². The molecule has 1 atom stereocenters. The molecule has 9 nitrogen and oxygen atoms in total. The van der Waals surface area contributed by atoms with Crippen molar-refractivity contribution in [2.75, 3.05) is 11.1 Å². The van der Waals surface area contributed by atoms with Gasteiger partial charge in [-0.3, -0.25) is 9.59 Å². The highest BCUT2D eigenvalue weighted by Gasteiger charge is 2.25. The van der Waals surface area contributed by atoms with Crippen LogP contribution < -0.4 is 10.6 Å². The molecule has 1 heterocycles. The second kappa shape index (κ2) is 13.1. The van der Waals surface area contributed by atoms with Gasteiger partial charge in [-0.2, -0.15) is 0 Å². The number of thioether (sulfide) groups is 1. The molecule has 3 aromatic rings. The second-order valence-corrected chi connectivity index (χ2v) is 9.94. The van der Waals surface area contributed by atoms with Gasteiger partial charge in [0, 0.05) is 12.2 Å². The molecule has 0 spiro atoms. The number of amides is 2. The summed E-state index contributed by atoms with van der Waals surface area (Å²) in [6.45, 7) is 8.30. The fourth-order valence-electron chi connectivity index (χ4n) is 3.57. The molecule has 0 fully saturated rings. The number of carboxylic acid groups (broad SMARTS) is 1. The first kappa shape index (κ1) is 27.9. The topological polar surface area (TPSA) is 126 Å². The standard InChI is InChI=1S/C26H28ClN5O4S/c1-4-13-32-23(21(14-16(2)3)29-24(34)19-7-5-6-8-20(19)27)30-31-26(32)37-15-22(33)28-18-11-9-17(10-12-18)25(35)36/h4-12,16,21H,1,13-15H2,2-3H3,(H,28,33)(H,29,34)(H,35,36)/t21-/m0/s1. The number of nitrogens with zero attached hydrogens (tertiary/aromatic N) is 3. The summed E-state index contributed by atoms with van der Waals surface area (Å²) in [4.78, 5) is 36.5. The lowest BCUT2D eigenvalue weighted by molar-refractivity contribution is -0.113. The summed E-state index contributed by atoms with van der Waals surface area (Å²) >= 11 is 7.41. The molecule has 2 aromatic carbocycles. The molecule has 2 amide bonds. The molecule has 0 radical (unpaired) electrons. The Balaban J connectivity index is 1.75. The number of hydrogen-bond acceptors (Lipinski definition) is 6. The zero-order valence-electron chi connectivity index (χ0n) is 20.5. The monoisotopic (exact) mass is 541 g/mol. The van der Waals surface area contributed by atoms with Crippen LogP contribution in [0.1, 0.15) is 52.9 Å². The number of halogens is 1. The number of nitrogens with one attached hydrogen (secondary N) is 2. The Hall–Kier alpha value is -3.63. The van der Waals surface area contributed by atoms with Crippen LogP contribution in [0, 0.1) is 5.92 Å². The molecular weight excluding hydrogens is 514 g/mol. The van der Waals surface area contributed by atoms with Gasteiger partial charge < -0.3 is 20.3 Å². The number of carbonyl (C=O) groups excluding carboxylic acids is 2. The number of anilines is 1. The van der Waals surface area contributed by atoms with Crippen molar-refractivity contribution in [1.29, 1.82) is 0 Å². The fraction of sp³-hybridized carbons (Fsp3) is 0.269. The molecule has 0 unspecified atom stereocenters. The fourth-order valence-corrected chi connectivity index (χ4v) is 4.55. The molecule has 0 aliphatic heterocycles. The average Bonchev–Trinajstić information content (AvgIpc) is 3.25. The summed E-state index contributed by atoms with van der Waals surface area (Å²) in [5.74, 6) is -0.775.